The Bertz CT molecular complexity index is 657. The topological polar surface area (TPSA) is 58.2 Å². The highest BCUT2D eigenvalue weighted by atomic mass is 32.2. The van der Waals surface area contributed by atoms with Crippen LogP contribution in [0.5, 0.6) is 0 Å². The summed E-state index contributed by atoms with van der Waals surface area (Å²) in [5, 5.41) is 5.41. The summed E-state index contributed by atoms with van der Waals surface area (Å²) in [4.78, 5) is 23.6. The molecule has 0 saturated carbocycles. The van der Waals surface area contributed by atoms with Gasteiger partial charge >= 0.3 is 0 Å². The lowest BCUT2D eigenvalue weighted by Crippen LogP contribution is -2.14. The third-order valence-electron chi connectivity index (χ3n) is 2.67. The number of carbonyl (C=O) groups excluding carboxylic acids is 2. The molecule has 4 nitrogen and oxygen atoms in total. The fraction of sp³-hybridized carbons (Fsp3) is 0.125. The normalized spacial score (nSPS) is 10.1. The Morgan fingerprint density at radius 3 is 2.05 bits per heavy atom. The minimum absolute atomic E-state index is 0.146. The molecule has 22 heavy (non-hydrogen) atoms. The summed E-state index contributed by atoms with van der Waals surface area (Å²) >= 11 is 1.33. The fourth-order valence-corrected chi connectivity index (χ4v) is 2.42. The number of nitrogens with one attached hydrogen (secondary N) is 2. The quantitative estimate of drug-likeness (QED) is 0.829. The van der Waals surface area contributed by atoms with Crippen molar-refractivity contribution in [3.63, 3.8) is 0 Å². The lowest BCUT2D eigenvalue weighted by atomic mass is 10.3. The van der Waals surface area contributed by atoms with Crippen molar-refractivity contribution in [1.82, 2.24) is 0 Å². The van der Waals surface area contributed by atoms with Crippen molar-refractivity contribution in [3.8, 4) is 0 Å². The average molecular weight is 318 g/mol. The second-order valence-corrected chi connectivity index (χ2v) is 5.60. The fourth-order valence-electron chi connectivity index (χ4n) is 1.72. The van der Waals surface area contributed by atoms with Crippen molar-refractivity contribution < 1.29 is 14.0 Å². The molecule has 0 bridgehead atoms. The maximum Gasteiger partial charge on any atom is 0.234 e. The van der Waals surface area contributed by atoms with Gasteiger partial charge in [-0.1, -0.05) is 0 Å². The number of hydrogen-bond donors (Lipinski definition) is 2. The standard InChI is InChI=1S/C16H15FN2O2S/c1-11(20)18-13-4-6-14(7-5-13)19-16(21)10-22-15-8-2-12(17)3-9-15/h2-9H,10H2,1H3,(H,18,20)(H,19,21). The van der Waals surface area contributed by atoms with Crippen LogP contribution in [0.4, 0.5) is 15.8 Å². The van der Waals surface area contributed by atoms with Gasteiger partial charge in [0.05, 0.1) is 5.75 Å². The minimum Gasteiger partial charge on any atom is -0.326 e. The van der Waals surface area contributed by atoms with Gasteiger partial charge in [-0.15, -0.1) is 11.8 Å². The van der Waals surface area contributed by atoms with Gasteiger partial charge in [0.25, 0.3) is 0 Å². The van der Waals surface area contributed by atoms with Crippen molar-refractivity contribution in [3.05, 3.63) is 54.3 Å². The van der Waals surface area contributed by atoms with E-state index in [0.29, 0.717) is 11.4 Å². The third-order valence-corrected chi connectivity index (χ3v) is 3.68. The number of benzene rings is 2. The molecule has 0 spiro atoms. The molecule has 2 N–H and O–H groups in total. The van der Waals surface area contributed by atoms with Crippen molar-refractivity contribution >= 4 is 35.0 Å². The highest BCUT2D eigenvalue weighted by Gasteiger charge is 2.04. The zero-order valence-electron chi connectivity index (χ0n) is 11.9. The van der Waals surface area contributed by atoms with Crippen LogP contribution in [0, 0.1) is 5.82 Å². The first kappa shape index (κ1) is 16.0. The summed E-state index contributed by atoms with van der Waals surface area (Å²) < 4.78 is 12.8. The number of hydrogen-bond acceptors (Lipinski definition) is 3. The van der Waals surface area contributed by atoms with Crippen molar-refractivity contribution in [1.29, 1.82) is 0 Å². The van der Waals surface area contributed by atoms with E-state index in [2.05, 4.69) is 10.6 Å². The van der Waals surface area contributed by atoms with E-state index < -0.39 is 0 Å². The predicted molar refractivity (Wildman–Crippen MR) is 86.5 cm³/mol. The van der Waals surface area contributed by atoms with E-state index >= 15 is 0 Å². The molecule has 0 aliphatic heterocycles. The Morgan fingerprint density at radius 2 is 1.50 bits per heavy atom. The third kappa shape index (κ3) is 5.21. The average Bonchev–Trinajstić information content (AvgIpc) is 2.48. The maximum atomic E-state index is 12.8. The highest BCUT2D eigenvalue weighted by Crippen LogP contribution is 2.19. The molecular formula is C16H15FN2O2S. The highest BCUT2D eigenvalue weighted by molar-refractivity contribution is 8.00. The van der Waals surface area contributed by atoms with Gasteiger partial charge in [0.1, 0.15) is 5.82 Å². The first-order valence-electron chi connectivity index (χ1n) is 6.59. The van der Waals surface area contributed by atoms with Gasteiger partial charge in [-0.2, -0.15) is 0 Å². The van der Waals surface area contributed by atoms with Crippen LogP contribution >= 0.6 is 11.8 Å². The van der Waals surface area contributed by atoms with Crippen LogP contribution in [0.15, 0.2) is 53.4 Å². The Kier molecular flexibility index (Phi) is 5.55. The summed E-state index contributed by atoms with van der Waals surface area (Å²) in [7, 11) is 0. The second-order valence-electron chi connectivity index (χ2n) is 4.55. The monoisotopic (exact) mass is 318 g/mol. The molecule has 0 aromatic heterocycles. The van der Waals surface area contributed by atoms with Crippen LogP contribution < -0.4 is 10.6 Å². The van der Waals surface area contributed by atoms with E-state index in [-0.39, 0.29) is 23.4 Å². The Labute approximate surface area is 132 Å². The molecule has 0 aliphatic rings. The van der Waals surface area contributed by atoms with E-state index in [4.69, 9.17) is 0 Å². The summed E-state index contributed by atoms with van der Waals surface area (Å²) in [6.07, 6.45) is 0. The first-order chi connectivity index (χ1) is 10.5. The number of rotatable bonds is 5. The van der Waals surface area contributed by atoms with Crippen LogP contribution in [0.25, 0.3) is 0 Å². The molecule has 0 radical (unpaired) electrons. The number of thioether (sulfide) groups is 1. The molecule has 0 saturated heterocycles. The van der Waals surface area contributed by atoms with Crippen molar-refractivity contribution in [2.45, 2.75) is 11.8 Å². The van der Waals surface area contributed by atoms with Crippen LogP contribution in [-0.4, -0.2) is 17.6 Å². The van der Waals surface area contributed by atoms with Crippen LogP contribution in [0.3, 0.4) is 0 Å². The lowest BCUT2D eigenvalue weighted by Gasteiger charge is -2.07. The van der Waals surface area contributed by atoms with E-state index in [9.17, 15) is 14.0 Å². The molecule has 6 heteroatoms. The molecule has 0 heterocycles. The van der Waals surface area contributed by atoms with Gasteiger partial charge < -0.3 is 10.6 Å². The zero-order chi connectivity index (χ0) is 15.9. The van der Waals surface area contributed by atoms with Gasteiger partial charge in [0, 0.05) is 23.2 Å². The molecule has 2 aromatic carbocycles. The number of amides is 2. The van der Waals surface area contributed by atoms with Gasteiger partial charge in [-0.05, 0) is 48.5 Å². The van der Waals surface area contributed by atoms with E-state index in [1.165, 1.54) is 30.8 Å². The lowest BCUT2D eigenvalue weighted by molar-refractivity contribution is -0.114. The summed E-state index contributed by atoms with van der Waals surface area (Å²) in [5.74, 6) is -0.360. The Morgan fingerprint density at radius 1 is 0.955 bits per heavy atom. The predicted octanol–water partition coefficient (Wildman–Crippen LogP) is 3.51. The molecule has 0 unspecified atom stereocenters. The van der Waals surface area contributed by atoms with Gasteiger partial charge in [0.15, 0.2) is 0 Å². The zero-order valence-corrected chi connectivity index (χ0v) is 12.7. The molecule has 0 aliphatic carbocycles. The summed E-state index contributed by atoms with van der Waals surface area (Å²) in [6.45, 7) is 1.43. The SMILES string of the molecule is CC(=O)Nc1ccc(NC(=O)CSc2ccc(F)cc2)cc1. The molecular weight excluding hydrogens is 303 g/mol. The number of carbonyl (C=O) groups is 2. The first-order valence-corrected chi connectivity index (χ1v) is 7.57. The van der Waals surface area contributed by atoms with E-state index in [1.54, 1.807) is 36.4 Å². The Hall–Kier alpha value is -2.34. The van der Waals surface area contributed by atoms with Crippen LogP contribution in [0.1, 0.15) is 6.92 Å². The maximum absolute atomic E-state index is 12.8. The number of halogens is 1. The Balaban J connectivity index is 1.83. The molecule has 2 amide bonds. The van der Waals surface area contributed by atoms with E-state index in [1.807, 2.05) is 0 Å². The molecule has 0 fully saturated rings. The van der Waals surface area contributed by atoms with Crippen LogP contribution in [0.2, 0.25) is 0 Å². The molecule has 2 aromatic rings. The van der Waals surface area contributed by atoms with Gasteiger partial charge in [-0.25, -0.2) is 4.39 Å². The molecule has 0 atom stereocenters. The summed E-state index contributed by atoms with van der Waals surface area (Å²) in [6, 6.07) is 12.8. The van der Waals surface area contributed by atoms with E-state index in [0.717, 1.165) is 4.90 Å². The minimum atomic E-state index is -0.298. The molecule has 2 rings (SSSR count). The second kappa shape index (κ2) is 7.61. The van der Waals surface area contributed by atoms with Gasteiger partial charge in [0.2, 0.25) is 11.8 Å². The van der Waals surface area contributed by atoms with Gasteiger partial charge in [-0.3, -0.25) is 9.59 Å². The van der Waals surface area contributed by atoms with Crippen LogP contribution in [-0.2, 0) is 9.59 Å². The van der Waals surface area contributed by atoms with Crippen molar-refractivity contribution in [2.75, 3.05) is 16.4 Å². The van der Waals surface area contributed by atoms with Crippen molar-refractivity contribution in [2.24, 2.45) is 0 Å². The molecule has 114 valence electrons. The smallest absolute Gasteiger partial charge is 0.234 e. The largest absolute Gasteiger partial charge is 0.326 e. The number of anilines is 2. The summed E-state index contributed by atoms with van der Waals surface area (Å²) in [5.41, 5.74) is 1.32.